The number of carbonyl (C=O) groups excluding carboxylic acids is 1. The third kappa shape index (κ3) is 8.47. The Morgan fingerprint density at radius 1 is 1.00 bits per heavy atom. The number of carbonyl (C=O) groups is 1. The summed E-state index contributed by atoms with van der Waals surface area (Å²) in [5, 5.41) is 5.21. The maximum atomic E-state index is 13.3. The van der Waals surface area contributed by atoms with Gasteiger partial charge in [0.2, 0.25) is 0 Å². The second-order valence-electron chi connectivity index (χ2n) is 5.16. The van der Waals surface area contributed by atoms with Crippen LogP contribution in [0.3, 0.4) is 0 Å². The van der Waals surface area contributed by atoms with Gasteiger partial charge in [0, 0.05) is 13.2 Å². The van der Waals surface area contributed by atoms with E-state index in [1.165, 1.54) is 12.1 Å². The van der Waals surface area contributed by atoms with Gasteiger partial charge in [-0.1, -0.05) is 14.9 Å². The zero-order chi connectivity index (χ0) is 17.7. The minimum absolute atomic E-state index is 0. The van der Waals surface area contributed by atoms with Gasteiger partial charge < -0.3 is 16.4 Å². The van der Waals surface area contributed by atoms with Gasteiger partial charge in [-0.3, -0.25) is 0 Å². The number of rotatable bonds is 2. The molecule has 144 valence electrons. The van der Waals surface area contributed by atoms with Crippen LogP contribution in [0.25, 0.3) is 0 Å². The van der Waals surface area contributed by atoms with E-state index in [2.05, 4.69) is 10.6 Å². The lowest BCUT2D eigenvalue weighted by atomic mass is 10.3. The van der Waals surface area contributed by atoms with Gasteiger partial charge in [-0.2, -0.15) is 0 Å². The Kier molecular flexibility index (Phi) is 11.0. The van der Waals surface area contributed by atoms with Gasteiger partial charge in [-0.05, 0) is 94.4 Å². The van der Waals surface area contributed by atoms with E-state index in [9.17, 15) is 13.6 Å². The second kappa shape index (κ2) is 11.5. The Labute approximate surface area is 180 Å². The molecule has 0 aromatic heterocycles. The zero-order valence-corrected chi connectivity index (χ0v) is 16.8. The minimum Gasteiger partial charge on any atom is -0.396 e. The molecule has 0 bridgehead atoms. The first kappa shape index (κ1) is 24.8. The van der Waals surface area contributed by atoms with E-state index in [-0.39, 0.29) is 44.1 Å². The van der Waals surface area contributed by atoms with Crippen LogP contribution in [0.5, 0.6) is 0 Å². The summed E-state index contributed by atoms with van der Waals surface area (Å²) in [6, 6.07) is 9.34. The molecule has 4 N–H and O–H groups in total. The number of nitrogens with two attached hydrogens (primary N) is 1. The molecule has 2 amide bonds. The summed E-state index contributed by atoms with van der Waals surface area (Å²) in [5.74, 6) is -0.755. The second-order valence-corrected chi connectivity index (χ2v) is 7.65. The number of anilines is 2. The van der Waals surface area contributed by atoms with Crippen molar-refractivity contribution in [2.75, 3.05) is 11.1 Å². The van der Waals surface area contributed by atoms with Gasteiger partial charge in [0.1, 0.15) is 11.6 Å². The van der Waals surface area contributed by atoms with Crippen LogP contribution in [0.1, 0.15) is 27.7 Å². The highest BCUT2D eigenvalue weighted by molar-refractivity contribution is 14.1. The zero-order valence-electron chi connectivity index (χ0n) is 12.5. The van der Waals surface area contributed by atoms with E-state index in [1.54, 1.807) is 24.3 Å². The Balaban J connectivity index is 0.000000496. The lowest BCUT2D eigenvalue weighted by molar-refractivity contribution is 0.251. The van der Waals surface area contributed by atoms with E-state index in [4.69, 9.17) is 5.73 Å². The average Bonchev–Trinajstić information content (AvgIpc) is 3.31. The van der Waals surface area contributed by atoms with Crippen molar-refractivity contribution in [3.63, 3.8) is 0 Å². The molecule has 26 heavy (non-hydrogen) atoms. The quantitative estimate of drug-likeness (QED) is 0.298. The molecular weight excluding hydrogens is 566 g/mol. The Morgan fingerprint density at radius 2 is 1.54 bits per heavy atom. The van der Waals surface area contributed by atoms with Crippen molar-refractivity contribution in [3.8, 4) is 0 Å². The van der Waals surface area contributed by atoms with E-state index in [1.807, 2.05) is 45.2 Å². The van der Waals surface area contributed by atoms with Crippen molar-refractivity contribution in [1.29, 1.82) is 0 Å². The number of halogens is 4. The number of urea groups is 1. The maximum Gasteiger partial charge on any atom is 0.319 e. The van der Waals surface area contributed by atoms with E-state index in [0.29, 0.717) is 0 Å². The standard InChI is InChI=1S/C10H10FIN2O.C6H5FIN.2CH4/c11-8-5-6(12)1-4-9(8)14-10(15)13-7-2-3-7;7-5-3-4(8)1-2-6(5)9;;/h1,4-5,7H,2-3H2,(H2,13,14,15);1-3H,9H2;2*1H4. The minimum atomic E-state index is -0.409. The van der Waals surface area contributed by atoms with Gasteiger partial charge in [-0.15, -0.1) is 0 Å². The van der Waals surface area contributed by atoms with Crippen LogP contribution in [0.15, 0.2) is 36.4 Å². The van der Waals surface area contributed by atoms with Crippen molar-refractivity contribution >= 4 is 62.6 Å². The molecule has 1 aliphatic carbocycles. The van der Waals surface area contributed by atoms with Crippen LogP contribution in [-0.2, 0) is 0 Å². The van der Waals surface area contributed by atoms with Crippen molar-refractivity contribution in [3.05, 3.63) is 55.2 Å². The largest absolute Gasteiger partial charge is 0.396 e. The van der Waals surface area contributed by atoms with Crippen molar-refractivity contribution in [2.24, 2.45) is 0 Å². The number of hydrogen-bond donors (Lipinski definition) is 3. The number of amides is 2. The topological polar surface area (TPSA) is 67.2 Å². The molecule has 2 aromatic rings. The lowest BCUT2D eigenvalue weighted by Crippen LogP contribution is -2.30. The van der Waals surface area contributed by atoms with Crippen LogP contribution in [0.2, 0.25) is 0 Å². The smallest absolute Gasteiger partial charge is 0.319 e. The fraction of sp³-hybridized carbons (Fsp3) is 0.278. The third-order valence-corrected chi connectivity index (χ3v) is 4.40. The third-order valence-electron chi connectivity index (χ3n) is 3.05. The summed E-state index contributed by atoms with van der Waals surface area (Å²) in [5.41, 5.74) is 5.63. The number of nitrogens with one attached hydrogen (secondary N) is 2. The van der Waals surface area contributed by atoms with Gasteiger partial charge in [-0.25, -0.2) is 13.6 Å². The molecule has 1 fully saturated rings. The average molecular weight is 589 g/mol. The van der Waals surface area contributed by atoms with Crippen molar-refractivity contribution < 1.29 is 13.6 Å². The molecule has 8 heteroatoms. The normalized spacial score (nSPS) is 11.8. The summed E-state index contributed by atoms with van der Waals surface area (Å²) in [4.78, 5) is 11.3. The predicted octanol–water partition coefficient (Wildman–Crippen LogP) is 6.00. The molecule has 0 heterocycles. The molecule has 4 nitrogen and oxygen atoms in total. The van der Waals surface area contributed by atoms with Crippen LogP contribution in [0.4, 0.5) is 25.0 Å². The highest BCUT2D eigenvalue weighted by atomic mass is 127. The molecule has 0 unspecified atom stereocenters. The fourth-order valence-corrected chi connectivity index (χ4v) is 2.57. The summed E-state index contributed by atoms with van der Waals surface area (Å²) in [6.45, 7) is 0. The fourth-order valence-electron chi connectivity index (χ4n) is 1.66. The molecule has 1 aliphatic rings. The Bertz CT molecular complexity index is 740. The molecule has 0 saturated heterocycles. The first-order valence-electron chi connectivity index (χ1n) is 7.08. The molecule has 2 aromatic carbocycles. The van der Waals surface area contributed by atoms with E-state index < -0.39 is 5.82 Å². The molecule has 0 radical (unpaired) electrons. The highest BCUT2D eigenvalue weighted by Gasteiger charge is 2.23. The predicted molar refractivity (Wildman–Crippen MR) is 121 cm³/mol. The van der Waals surface area contributed by atoms with Gasteiger partial charge in [0.25, 0.3) is 0 Å². The molecule has 0 atom stereocenters. The van der Waals surface area contributed by atoms with Crippen LogP contribution in [0, 0.1) is 18.8 Å². The number of nitrogen functional groups attached to an aromatic ring is 1. The van der Waals surface area contributed by atoms with Gasteiger partial charge in [0.15, 0.2) is 0 Å². The molecule has 0 spiro atoms. The first-order valence-corrected chi connectivity index (χ1v) is 9.24. The molecular formula is C18H23F2I2N3O. The first-order chi connectivity index (χ1) is 11.3. The number of benzene rings is 2. The van der Waals surface area contributed by atoms with Crippen LogP contribution >= 0.6 is 45.2 Å². The summed E-state index contributed by atoms with van der Waals surface area (Å²) >= 11 is 4.04. The Hall–Kier alpha value is -1.17. The molecule has 1 saturated carbocycles. The van der Waals surface area contributed by atoms with Gasteiger partial charge >= 0.3 is 6.03 Å². The Morgan fingerprint density at radius 3 is 2.00 bits per heavy atom. The monoisotopic (exact) mass is 589 g/mol. The van der Waals surface area contributed by atoms with Crippen molar-refractivity contribution in [1.82, 2.24) is 5.32 Å². The van der Waals surface area contributed by atoms with Gasteiger partial charge in [0.05, 0.1) is 11.4 Å². The summed E-state index contributed by atoms with van der Waals surface area (Å²) < 4.78 is 27.4. The lowest BCUT2D eigenvalue weighted by Gasteiger charge is -2.07. The maximum absolute atomic E-state index is 13.3. The van der Waals surface area contributed by atoms with Crippen LogP contribution in [-0.4, -0.2) is 12.1 Å². The SMILES string of the molecule is C.C.Nc1ccc(I)cc1F.O=C(Nc1ccc(I)cc1F)NC1CC1. The van der Waals surface area contributed by atoms with E-state index in [0.717, 1.165) is 20.0 Å². The van der Waals surface area contributed by atoms with E-state index >= 15 is 0 Å². The summed E-state index contributed by atoms with van der Waals surface area (Å²) in [6.07, 6.45) is 2.03. The van der Waals surface area contributed by atoms with Crippen LogP contribution < -0.4 is 16.4 Å². The van der Waals surface area contributed by atoms with Crippen molar-refractivity contribution in [2.45, 2.75) is 33.7 Å². The molecule has 3 rings (SSSR count). The highest BCUT2D eigenvalue weighted by Crippen LogP contribution is 2.20. The summed E-state index contributed by atoms with van der Waals surface area (Å²) in [7, 11) is 0. The molecule has 0 aliphatic heterocycles. The number of hydrogen-bond acceptors (Lipinski definition) is 2.